The summed E-state index contributed by atoms with van der Waals surface area (Å²) in [5.41, 5.74) is 12.0. The summed E-state index contributed by atoms with van der Waals surface area (Å²) >= 11 is 2.91. The van der Waals surface area contributed by atoms with E-state index in [1.807, 2.05) is 31.6 Å². The maximum absolute atomic E-state index is 12.9. The lowest BCUT2D eigenvalue weighted by Crippen LogP contribution is -2.04. The van der Waals surface area contributed by atoms with Crippen molar-refractivity contribution in [1.29, 1.82) is 0 Å². The van der Waals surface area contributed by atoms with Crippen molar-refractivity contribution in [2.45, 2.75) is 11.1 Å². The van der Waals surface area contributed by atoms with E-state index in [1.54, 1.807) is 13.3 Å². The molecule has 0 fully saturated rings. The number of thiophene rings is 1. The predicted octanol–water partition coefficient (Wildman–Crippen LogP) is 5.13. The summed E-state index contributed by atoms with van der Waals surface area (Å²) in [6.07, 6.45) is 3.65. The molecule has 2 N–H and O–H groups in total. The first-order chi connectivity index (χ1) is 16.5. The normalized spacial score (nSPS) is 12.4. The van der Waals surface area contributed by atoms with Gasteiger partial charge in [0.1, 0.15) is 25.6 Å². The van der Waals surface area contributed by atoms with Crippen LogP contribution in [0.1, 0.15) is 5.82 Å². The lowest BCUT2D eigenvalue weighted by atomic mass is 10.00. The summed E-state index contributed by atoms with van der Waals surface area (Å²) in [6.45, 7) is 2.39. The fourth-order valence-electron chi connectivity index (χ4n) is 3.80. The van der Waals surface area contributed by atoms with Crippen LogP contribution in [0.3, 0.4) is 0 Å². The van der Waals surface area contributed by atoms with Gasteiger partial charge in [-0.25, -0.2) is 15.0 Å². The highest BCUT2D eigenvalue weighted by molar-refractivity contribution is 7.87. The Kier molecular flexibility index (Phi) is 6.30. The van der Waals surface area contributed by atoms with E-state index in [9.17, 15) is 4.21 Å². The number of thiazole rings is 1. The largest absolute Gasteiger partial charge is 0.396 e. The zero-order chi connectivity index (χ0) is 23.8. The van der Waals surface area contributed by atoms with Gasteiger partial charge in [0, 0.05) is 31.1 Å². The third-order valence-corrected chi connectivity index (χ3v) is 9.38. The number of anilines is 1. The summed E-state index contributed by atoms with van der Waals surface area (Å²) in [6, 6.07) is 10.4. The molecule has 1 unspecified atom stereocenters. The van der Waals surface area contributed by atoms with Gasteiger partial charge < -0.3 is 15.0 Å². The first-order valence-corrected chi connectivity index (χ1v) is 13.6. The van der Waals surface area contributed by atoms with Gasteiger partial charge in [-0.05, 0) is 29.7 Å². The molecule has 0 saturated carbocycles. The number of pyridine rings is 1. The number of nitrogen functional groups attached to an aromatic ring is 1. The minimum Gasteiger partial charge on any atom is -0.396 e. The number of ether oxygens (including phenoxy) is 1. The molecular weight excluding hydrogens is 486 g/mol. The molecule has 1 aromatic carbocycles. The fraction of sp³-hybridized carbons (Fsp3) is 0.208. The summed E-state index contributed by atoms with van der Waals surface area (Å²) in [5, 5.41) is 3.59. The number of hydrogen-bond donors (Lipinski definition) is 1. The van der Waals surface area contributed by atoms with E-state index >= 15 is 0 Å². The van der Waals surface area contributed by atoms with Crippen LogP contribution in [0.5, 0.6) is 0 Å². The van der Waals surface area contributed by atoms with Crippen LogP contribution in [0.25, 0.3) is 43.3 Å². The van der Waals surface area contributed by atoms with Crippen LogP contribution in [0.15, 0.2) is 52.3 Å². The molecule has 4 heterocycles. The van der Waals surface area contributed by atoms with E-state index in [-0.39, 0.29) is 0 Å². The maximum atomic E-state index is 12.9. The number of nitrogens with two attached hydrogens (primary N) is 1. The average Bonchev–Trinajstić information content (AvgIpc) is 3.58. The number of aryl methyl sites for hydroxylation is 1. The molecule has 0 aliphatic rings. The van der Waals surface area contributed by atoms with Gasteiger partial charge in [0.25, 0.3) is 0 Å². The van der Waals surface area contributed by atoms with E-state index in [0.29, 0.717) is 22.3 Å². The van der Waals surface area contributed by atoms with Crippen molar-refractivity contribution in [3.05, 3.63) is 53.9 Å². The molecule has 0 amide bonds. The molecule has 0 saturated heterocycles. The number of nitrogens with zero attached hydrogens (tertiary/aromatic N) is 4. The highest BCUT2D eigenvalue weighted by Crippen LogP contribution is 2.43. The zero-order valence-electron chi connectivity index (χ0n) is 18.9. The van der Waals surface area contributed by atoms with Crippen molar-refractivity contribution < 1.29 is 8.95 Å². The number of rotatable bonds is 7. The van der Waals surface area contributed by atoms with Gasteiger partial charge in [-0.2, -0.15) is 0 Å². The van der Waals surface area contributed by atoms with Crippen LogP contribution < -0.4 is 5.73 Å². The molecule has 34 heavy (non-hydrogen) atoms. The number of aromatic nitrogens is 4. The Morgan fingerprint density at radius 2 is 1.94 bits per heavy atom. The Labute approximate surface area is 207 Å². The van der Waals surface area contributed by atoms with Crippen LogP contribution in [0, 0.1) is 6.92 Å². The summed E-state index contributed by atoms with van der Waals surface area (Å²) < 4.78 is 20.7. The van der Waals surface area contributed by atoms with Crippen molar-refractivity contribution in [2.75, 3.05) is 25.2 Å². The second-order valence-corrected chi connectivity index (χ2v) is 11.4. The molecule has 10 heteroatoms. The van der Waals surface area contributed by atoms with Gasteiger partial charge in [-0.15, -0.1) is 22.7 Å². The molecule has 5 aromatic rings. The zero-order valence-corrected chi connectivity index (χ0v) is 21.4. The van der Waals surface area contributed by atoms with Crippen LogP contribution in [-0.4, -0.2) is 43.2 Å². The van der Waals surface area contributed by atoms with Gasteiger partial charge in [0.15, 0.2) is 0 Å². The number of fused-ring (bicyclic) bond motifs is 1. The molecule has 174 valence electrons. The third kappa shape index (κ3) is 4.07. The standard InChI is InChI=1S/C24H23N5O2S3/c1-14-27-13-19(29(14)2)16-6-4-15(5-7-16)17-12-18(22-26-8-10-32-22)28-23-20(17)21(25)24(33-23)34(30)11-9-31-3/h4-8,10,12-13H,9,11,25H2,1-3H3. The third-order valence-electron chi connectivity index (χ3n) is 5.71. The minimum absolute atomic E-state index is 0.390. The highest BCUT2D eigenvalue weighted by Gasteiger charge is 2.21. The Balaban J connectivity index is 1.66. The first-order valence-electron chi connectivity index (χ1n) is 10.6. The van der Waals surface area contributed by atoms with E-state index in [0.717, 1.165) is 49.1 Å². The second kappa shape index (κ2) is 9.38. The molecule has 0 aliphatic heterocycles. The van der Waals surface area contributed by atoms with Gasteiger partial charge in [0.2, 0.25) is 0 Å². The number of imidazole rings is 1. The second-order valence-electron chi connectivity index (χ2n) is 7.75. The van der Waals surface area contributed by atoms with Crippen LogP contribution >= 0.6 is 22.7 Å². The maximum Gasteiger partial charge on any atom is 0.141 e. The Morgan fingerprint density at radius 1 is 1.18 bits per heavy atom. The molecule has 0 spiro atoms. The van der Waals surface area contributed by atoms with Gasteiger partial charge in [-0.1, -0.05) is 24.3 Å². The number of hydrogen-bond acceptors (Lipinski definition) is 8. The lowest BCUT2D eigenvalue weighted by Gasteiger charge is -2.09. The highest BCUT2D eigenvalue weighted by atomic mass is 32.2. The monoisotopic (exact) mass is 509 g/mol. The van der Waals surface area contributed by atoms with Crippen LogP contribution in [0.4, 0.5) is 5.69 Å². The quantitative estimate of drug-likeness (QED) is 0.327. The first kappa shape index (κ1) is 22.9. The molecule has 0 radical (unpaired) electrons. The van der Waals surface area contributed by atoms with Crippen LogP contribution in [0.2, 0.25) is 0 Å². The van der Waals surface area contributed by atoms with E-state index < -0.39 is 10.8 Å². The fourth-order valence-corrected chi connectivity index (χ4v) is 6.96. The van der Waals surface area contributed by atoms with Crippen molar-refractivity contribution in [1.82, 2.24) is 19.5 Å². The van der Waals surface area contributed by atoms with Crippen molar-refractivity contribution >= 4 is 49.4 Å². The SMILES string of the molecule is COCCS(=O)c1sc2nc(-c3nccs3)cc(-c3ccc(-c4cnc(C)n4C)cc3)c2c1N. The predicted molar refractivity (Wildman–Crippen MR) is 141 cm³/mol. The number of methoxy groups -OCH3 is 1. The summed E-state index contributed by atoms with van der Waals surface area (Å²) in [4.78, 5) is 14.4. The Bertz CT molecular complexity index is 1490. The minimum atomic E-state index is -1.26. The van der Waals surface area contributed by atoms with E-state index in [2.05, 4.69) is 38.8 Å². The van der Waals surface area contributed by atoms with E-state index in [1.165, 1.54) is 22.7 Å². The molecular formula is C24H23N5O2S3. The van der Waals surface area contributed by atoms with Crippen molar-refractivity contribution in [3.63, 3.8) is 0 Å². The smallest absolute Gasteiger partial charge is 0.141 e. The topological polar surface area (TPSA) is 95.9 Å². The lowest BCUT2D eigenvalue weighted by molar-refractivity contribution is 0.218. The molecule has 0 bridgehead atoms. The Morgan fingerprint density at radius 3 is 2.59 bits per heavy atom. The summed E-state index contributed by atoms with van der Waals surface area (Å²) in [5.74, 6) is 1.35. The number of benzene rings is 1. The van der Waals surface area contributed by atoms with E-state index in [4.69, 9.17) is 15.5 Å². The summed E-state index contributed by atoms with van der Waals surface area (Å²) in [7, 11) is 2.35. The van der Waals surface area contributed by atoms with Gasteiger partial charge in [-0.3, -0.25) is 4.21 Å². The molecule has 7 nitrogen and oxygen atoms in total. The van der Waals surface area contributed by atoms with Gasteiger partial charge in [0.05, 0.1) is 40.7 Å². The molecule has 4 aromatic heterocycles. The Hall–Kier alpha value is -2.92. The van der Waals surface area contributed by atoms with Crippen LogP contribution in [-0.2, 0) is 22.6 Å². The molecule has 1 atom stereocenters. The molecule has 0 aliphatic carbocycles. The average molecular weight is 510 g/mol. The van der Waals surface area contributed by atoms with Gasteiger partial charge >= 0.3 is 0 Å². The van der Waals surface area contributed by atoms with Crippen molar-refractivity contribution in [3.8, 4) is 33.1 Å². The van der Waals surface area contributed by atoms with Crippen molar-refractivity contribution in [2.24, 2.45) is 7.05 Å². The molecule has 5 rings (SSSR count).